The molecule has 1 atom stereocenters. The van der Waals surface area contributed by atoms with Gasteiger partial charge in [0.15, 0.2) is 0 Å². The lowest BCUT2D eigenvalue weighted by Crippen LogP contribution is -2.14. The molecular formula is C19H17ClN6OS2. The van der Waals surface area contributed by atoms with E-state index in [1.807, 2.05) is 0 Å². The first-order chi connectivity index (χ1) is 14.0. The Morgan fingerprint density at radius 1 is 1.45 bits per heavy atom. The van der Waals surface area contributed by atoms with Crippen LogP contribution in [0.2, 0.25) is 5.02 Å². The summed E-state index contributed by atoms with van der Waals surface area (Å²) in [5, 5.41) is 25.9. The molecule has 0 radical (unpaired) electrons. The van der Waals surface area contributed by atoms with Gasteiger partial charge in [0.05, 0.1) is 17.0 Å². The lowest BCUT2D eigenvalue weighted by molar-refractivity contribution is -0.113. The Kier molecular flexibility index (Phi) is 5.85. The first-order valence-corrected chi connectivity index (χ1v) is 11.2. The molecule has 1 aliphatic rings. The number of hydrogen-bond acceptors (Lipinski definition) is 7. The molecule has 1 amide bonds. The van der Waals surface area contributed by atoms with Crippen LogP contribution in [0.25, 0.3) is 5.69 Å². The van der Waals surface area contributed by atoms with Gasteiger partial charge in [0.25, 0.3) is 0 Å². The van der Waals surface area contributed by atoms with Gasteiger partial charge < -0.3 is 5.32 Å². The third-order valence-electron chi connectivity index (χ3n) is 4.72. The SMILES string of the molecule is CC1CCc2c(sc(NC(=O)CSc3nnnn3-c3ccc(Cl)cc3)c2C#N)C1. The highest BCUT2D eigenvalue weighted by Gasteiger charge is 2.24. The van der Waals surface area contributed by atoms with E-state index < -0.39 is 0 Å². The monoisotopic (exact) mass is 444 g/mol. The number of carbonyl (C=O) groups is 1. The number of halogens is 1. The molecule has 1 N–H and O–H groups in total. The molecule has 0 fully saturated rings. The zero-order valence-electron chi connectivity index (χ0n) is 15.6. The number of aromatic nitrogens is 4. The van der Waals surface area contributed by atoms with Crippen LogP contribution in [0.5, 0.6) is 0 Å². The molecule has 2 heterocycles. The molecule has 0 saturated carbocycles. The molecule has 7 nitrogen and oxygen atoms in total. The zero-order valence-corrected chi connectivity index (χ0v) is 17.9. The van der Waals surface area contributed by atoms with Gasteiger partial charge in [0.2, 0.25) is 11.1 Å². The minimum atomic E-state index is -0.191. The average molecular weight is 445 g/mol. The van der Waals surface area contributed by atoms with E-state index in [-0.39, 0.29) is 11.7 Å². The van der Waals surface area contributed by atoms with Gasteiger partial charge in [0, 0.05) is 9.90 Å². The molecule has 0 spiro atoms. The van der Waals surface area contributed by atoms with E-state index in [1.165, 1.54) is 28.0 Å². The maximum atomic E-state index is 12.5. The Labute approximate surface area is 181 Å². The molecule has 29 heavy (non-hydrogen) atoms. The number of fused-ring (bicyclic) bond motifs is 1. The van der Waals surface area contributed by atoms with Gasteiger partial charge in [-0.2, -0.15) is 9.94 Å². The maximum absolute atomic E-state index is 12.5. The van der Waals surface area contributed by atoms with E-state index in [0.717, 1.165) is 30.5 Å². The normalized spacial score (nSPS) is 15.6. The number of amides is 1. The summed E-state index contributed by atoms with van der Waals surface area (Å²) in [4.78, 5) is 13.7. The highest BCUT2D eigenvalue weighted by molar-refractivity contribution is 7.99. The van der Waals surface area contributed by atoms with Crippen molar-refractivity contribution in [3.8, 4) is 11.8 Å². The van der Waals surface area contributed by atoms with Crippen molar-refractivity contribution in [2.75, 3.05) is 11.1 Å². The van der Waals surface area contributed by atoms with E-state index >= 15 is 0 Å². The van der Waals surface area contributed by atoms with Crippen molar-refractivity contribution in [3.63, 3.8) is 0 Å². The number of hydrogen-bond donors (Lipinski definition) is 1. The van der Waals surface area contributed by atoms with E-state index in [1.54, 1.807) is 28.9 Å². The quantitative estimate of drug-likeness (QED) is 0.595. The summed E-state index contributed by atoms with van der Waals surface area (Å²) in [7, 11) is 0. The fourth-order valence-electron chi connectivity index (χ4n) is 3.26. The van der Waals surface area contributed by atoms with Gasteiger partial charge in [-0.15, -0.1) is 16.4 Å². The zero-order chi connectivity index (χ0) is 20.4. The first-order valence-electron chi connectivity index (χ1n) is 9.06. The number of nitriles is 1. The van der Waals surface area contributed by atoms with Gasteiger partial charge in [-0.25, -0.2) is 0 Å². The second kappa shape index (κ2) is 8.53. The van der Waals surface area contributed by atoms with E-state index in [4.69, 9.17) is 11.6 Å². The Hall–Kier alpha value is -2.41. The fraction of sp³-hybridized carbons (Fsp3) is 0.316. The Bertz CT molecular complexity index is 1090. The topological polar surface area (TPSA) is 96.5 Å². The number of benzene rings is 1. The largest absolute Gasteiger partial charge is 0.316 e. The molecule has 10 heteroatoms. The molecule has 0 saturated heterocycles. The van der Waals surface area contributed by atoms with Crippen LogP contribution in [-0.2, 0) is 17.6 Å². The number of tetrazole rings is 1. The predicted octanol–water partition coefficient (Wildman–Crippen LogP) is 4.10. The van der Waals surface area contributed by atoms with E-state index in [9.17, 15) is 10.1 Å². The summed E-state index contributed by atoms with van der Waals surface area (Å²) in [5.74, 6) is 0.556. The van der Waals surface area contributed by atoms with Crippen LogP contribution in [-0.4, -0.2) is 31.9 Å². The summed E-state index contributed by atoms with van der Waals surface area (Å²) in [6.45, 7) is 2.22. The Morgan fingerprint density at radius 2 is 2.24 bits per heavy atom. The van der Waals surface area contributed by atoms with Crippen molar-refractivity contribution < 1.29 is 4.79 Å². The fourth-order valence-corrected chi connectivity index (χ4v) is 5.46. The molecule has 2 aromatic heterocycles. The highest BCUT2D eigenvalue weighted by atomic mass is 35.5. The lowest BCUT2D eigenvalue weighted by atomic mass is 9.89. The first kappa shape index (κ1) is 19.9. The molecule has 148 valence electrons. The molecule has 0 aliphatic heterocycles. The van der Waals surface area contributed by atoms with Gasteiger partial charge in [0.1, 0.15) is 11.1 Å². The molecule has 1 aromatic carbocycles. The van der Waals surface area contributed by atoms with Crippen molar-refractivity contribution in [1.29, 1.82) is 5.26 Å². The smallest absolute Gasteiger partial charge is 0.235 e. The summed E-state index contributed by atoms with van der Waals surface area (Å²) in [5.41, 5.74) is 2.47. The standard InChI is InChI=1S/C19H17ClN6OS2/c1-11-2-7-14-15(9-21)18(29-16(14)8-11)22-17(27)10-28-19-23-24-25-26(19)13-5-3-12(20)4-6-13/h3-6,11H,2,7-8,10H2,1H3,(H,22,27). The van der Waals surface area contributed by atoms with Crippen molar-refractivity contribution in [1.82, 2.24) is 20.2 Å². The van der Waals surface area contributed by atoms with Gasteiger partial charge in [-0.1, -0.05) is 30.3 Å². The number of thiophene rings is 1. The van der Waals surface area contributed by atoms with Gasteiger partial charge in [-0.3, -0.25) is 4.79 Å². The van der Waals surface area contributed by atoms with Crippen molar-refractivity contribution in [2.45, 2.75) is 31.3 Å². The number of anilines is 1. The molecule has 3 aromatic rings. The predicted molar refractivity (Wildman–Crippen MR) is 114 cm³/mol. The molecule has 1 unspecified atom stereocenters. The summed E-state index contributed by atoms with van der Waals surface area (Å²) >= 11 is 8.68. The number of nitrogens with one attached hydrogen (secondary N) is 1. The van der Waals surface area contributed by atoms with Crippen LogP contribution < -0.4 is 5.32 Å². The van der Waals surface area contributed by atoms with Crippen LogP contribution in [0.15, 0.2) is 29.4 Å². The van der Waals surface area contributed by atoms with E-state index in [2.05, 4.69) is 33.8 Å². The van der Waals surface area contributed by atoms with Crippen molar-refractivity contribution >= 4 is 45.6 Å². The van der Waals surface area contributed by atoms with Gasteiger partial charge in [-0.05, 0) is 65.4 Å². The van der Waals surface area contributed by atoms with Crippen LogP contribution in [0, 0.1) is 17.2 Å². The minimum absolute atomic E-state index is 0.137. The van der Waals surface area contributed by atoms with Gasteiger partial charge >= 0.3 is 0 Å². The molecule has 4 rings (SSSR count). The van der Waals surface area contributed by atoms with Crippen LogP contribution in [0.3, 0.4) is 0 Å². The number of carbonyl (C=O) groups excluding carboxylic acids is 1. The second-order valence-corrected chi connectivity index (χ2v) is 9.34. The molecule has 1 aliphatic carbocycles. The third kappa shape index (κ3) is 4.29. The van der Waals surface area contributed by atoms with Crippen LogP contribution in [0.1, 0.15) is 29.3 Å². The molecular weight excluding hydrogens is 428 g/mol. The third-order valence-corrected chi connectivity index (χ3v) is 7.06. The minimum Gasteiger partial charge on any atom is -0.316 e. The summed E-state index contributed by atoms with van der Waals surface area (Å²) < 4.78 is 1.56. The van der Waals surface area contributed by atoms with Crippen molar-refractivity contribution in [2.24, 2.45) is 5.92 Å². The molecule has 0 bridgehead atoms. The number of rotatable bonds is 5. The second-order valence-electron chi connectivity index (χ2n) is 6.85. The van der Waals surface area contributed by atoms with Crippen molar-refractivity contribution in [3.05, 3.63) is 45.3 Å². The number of thioether (sulfide) groups is 1. The Morgan fingerprint density at radius 3 is 3.00 bits per heavy atom. The summed E-state index contributed by atoms with van der Waals surface area (Å²) in [6, 6.07) is 9.38. The highest BCUT2D eigenvalue weighted by Crippen LogP contribution is 2.39. The number of nitrogens with zero attached hydrogens (tertiary/aromatic N) is 5. The van der Waals surface area contributed by atoms with Crippen LogP contribution >= 0.6 is 34.7 Å². The lowest BCUT2D eigenvalue weighted by Gasteiger charge is -2.17. The average Bonchev–Trinajstić information content (AvgIpc) is 3.30. The maximum Gasteiger partial charge on any atom is 0.235 e. The van der Waals surface area contributed by atoms with E-state index in [0.29, 0.717) is 26.7 Å². The summed E-state index contributed by atoms with van der Waals surface area (Å²) in [6.07, 6.45) is 2.94. The Balaban J connectivity index is 1.44. The van der Waals surface area contributed by atoms with Crippen LogP contribution in [0.4, 0.5) is 5.00 Å².